The van der Waals surface area contributed by atoms with E-state index in [1.54, 1.807) is 24.3 Å². The van der Waals surface area contributed by atoms with Crippen LogP contribution in [0.4, 0.5) is 0 Å². The highest BCUT2D eigenvalue weighted by molar-refractivity contribution is 6.67. The van der Waals surface area contributed by atoms with Crippen LogP contribution in [-0.2, 0) is 9.59 Å². The summed E-state index contributed by atoms with van der Waals surface area (Å²) in [7, 11) is 0. The van der Waals surface area contributed by atoms with Crippen LogP contribution in [0.15, 0.2) is 48.5 Å². The molecule has 6 nitrogen and oxygen atoms in total. The average molecular weight is 621 g/mol. The van der Waals surface area contributed by atoms with E-state index < -0.39 is 19.5 Å². The van der Waals surface area contributed by atoms with Crippen molar-refractivity contribution >= 4 is 81.5 Å². The van der Waals surface area contributed by atoms with E-state index in [1.807, 2.05) is 0 Å². The Morgan fingerprint density at radius 1 is 0.528 bits per heavy atom. The first-order valence-corrected chi connectivity index (χ1v) is 13.2. The monoisotopic (exact) mass is 618 g/mol. The molecule has 0 heterocycles. The first-order valence-electron chi connectivity index (χ1n) is 10.9. The Bertz CT molecular complexity index is 876. The molecular weight excluding hydrogens is 597 g/mol. The van der Waals surface area contributed by atoms with Crippen molar-refractivity contribution in [1.82, 2.24) is 0 Å². The van der Waals surface area contributed by atoms with Gasteiger partial charge in [-0.25, -0.2) is 9.59 Å². The number of halogens is 6. The molecular formula is C24H24Cl6O6. The lowest BCUT2D eigenvalue weighted by molar-refractivity contribution is -0.156. The predicted octanol–water partition coefficient (Wildman–Crippen LogP) is 8.04. The van der Waals surface area contributed by atoms with Crippen molar-refractivity contribution in [3.63, 3.8) is 0 Å². The van der Waals surface area contributed by atoms with E-state index in [1.165, 1.54) is 24.3 Å². The van der Waals surface area contributed by atoms with Gasteiger partial charge in [-0.05, 0) is 87.1 Å². The van der Waals surface area contributed by atoms with Gasteiger partial charge in [-0.1, -0.05) is 69.6 Å². The summed E-state index contributed by atoms with van der Waals surface area (Å²) < 4.78 is 18.7. The quantitative estimate of drug-likeness (QED) is 0.0786. The largest absolute Gasteiger partial charge is 0.494 e. The summed E-state index contributed by atoms with van der Waals surface area (Å²) in [5.41, 5.74) is 0. The Balaban J connectivity index is 1.70. The van der Waals surface area contributed by atoms with Crippen molar-refractivity contribution in [2.24, 2.45) is 0 Å². The van der Waals surface area contributed by atoms with E-state index >= 15 is 0 Å². The fourth-order valence-electron chi connectivity index (χ4n) is 2.74. The number of rotatable bonds is 12. The SMILES string of the molecule is O=C(Oc1ccc(OCCCCC(Cl)(Cl)Cl)cc1)C(=O)Oc1ccc(OCCCCC(Cl)(Cl)Cl)cc1. The van der Waals surface area contributed by atoms with E-state index in [2.05, 4.69) is 0 Å². The lowest BCUT2D eigenvalue weighted by Crippen LogP contribution is -2.25. The third kappa shape index (κ3) is 13.9. The third-order valence-corrected chi connectivity index (χ3v) is 5.62. The first-order chi connectivity index (χ1) is 16.9. The summed E-state index contributed by atoms with van der Waals surface area (Å²) in [5, 5.41) is 0. The molecule has 2 aromatic carbocycles. The van der Waals surface area contributed by atoms with Gasteiger partial charge in [0.05, 0.1) is 13.2 Å². The zero-order valence-electron chi connectivity index (χ0n) is 19.0. The fourth-order valence-corrected chi connectivity index (χ4v) is 3.54. The molecule has 0 N–H and O–H groups in total. The summed E-state index contributed by atoms with van der Waals surface area (Å²) in [6.07, 6.45) is 3.69. The summed E-state index contributed by atoms with van der Waals surface area (Å²) in [5.74, 6) is -0.857. The Kier molecular flexibility index (Phi) is 13.1. The molecule has 0 saturated carbocycles. The molecule has 0 spiro atoms. The molecule has 36 heavy (non-hydrogen) atoms. The molecule has 0 aliphatic heterocycles. The normalized spacial score (nSPS) is 11.6. The molecule has 0 saturated heterocycles. The second-order valence-corrected chi connectivity index (χ2v) is 12.6. The highest BCUT2D eigenvalue weighted by atomic mass is 35.6. The molecule has 0 aromatic heterocycles. The van der Waals surface area contributed by atoms with Crippen LogP contribution in [0.25, 0.3) is 0 Å². The van der Waals surface area contributed by atoms with Crippen LogP contribution in [0.1, 0.15) is 38.5 Å². The number of carbonyl (C=O) groups is 2. The van der Waals surface area contributed by atoms with Crippen LogP contribution in [0.5, 0.6) is 23.0 Å². The molecule has 0 radical (unpaired) electrons. The van der Waals surface area contributed by atoms with E-state index in [0.29, 0.717) is 63.2 Å². The van der Waals surface area contributed by atoms with E-state index in [4.69, 9.17) is 88.6 Å². The third-order valence-electron chi connectivity index (χ3n) is 4.48. The molecule has 0 bridgehead atoms. The summed E-state index contributed by atoms with van der Waals surface area (Å²) in [4.78, 5) is 24.1. The van der Waals surface area contributed by atoms with Gasteiger partial charge in [-0.3, -0.25) is 0 Å². The first kappa shape index (κ1) is 30.9. The standard InChI is InChI=1S/C24H24Cl6O6/c25-23(26,27)13-1-3-15-33-17-5-9-19(10-6-17)35-21(31)22(32)36-20-11-7-18(8-12-20)34-16-4-2-14-24(28,29)30/h5-12H,1-4,13-16H2. The molecule has 0 aliphatic carbocycles. The molecule has 0 amide bonds. The van der Waals surface area contributed by atoms with Crippen molar-refractivity contribution in [2.45, 2.75) is 46.1 Å². The highest BCUT2D eigenvalue weighted by Gasteiger charge is 2.20. The Morgan fingerprint density at radius 2 is 0.833 bits per heavy atom. The molecule has 0 unspecified atom stereocenters. The maximum absolute atomic E-state index is 12.1. The van der Waals surface area contributed by atoms with Crippen LogP contribution in [-0.4, -0.2) is 32.7 Å². The smallest absolute Gasteiger partial charge is 0.423 e. The van der Waals surface area contributed by atoms with Crippen LogP contribution in [0.3, 0.4) is 0 Å². The predicted molar refractivity (Wildman–Crippen MR) is 143 cm³/mol. The Labute approximate surface area is 239 Å². The number of esters is 2. The highest BCUT2D eigenvalue weighted by Crippen LogP contribution is 2.32. The van der Waals surface area contributed by atoms with Crippen LogP contribution in [0, 0.1) is 0 Å². The Morgan fingerprint density at radius 3 is 1.14 bits per heavy atom. The van der Waals surface area contributed by atoms with Crippen molar-refractivity contribution in [2.75, 3.05) is 13.2 Å². The number of benzene rings is 2. The van der Waals surface area contributed by atoms with Gasteiger partial charge in [-0.15, -0.1) is 0 Å². The number of hydrogen-bond donors (Lipinski definition) is 0. The van der Waals surface area contributed by atoms with Gasteiger partial charge in [0.1, 0.15) is 23.0 Å². The zero-order valence-corrected chi connectivity index (χ0v) is 23.5. The van der Waals surface area contributed by atoms with Crippen LogP contribution >= 0.6 is 69.6 Å². The molecule has 2 rings (SSSR count). The number of hydrogen-bond acceptors (Lipinski definition) is 6. The molecule has 0 atom stereocenters. The van der Waals surface area contributed by atoms with Crippen LogP contribution in [0.2, 0.25) is 0 Å². The van der Waals surface area contributed by atoms with Crippen molar-refractivity contribution < 1.29 is 28.5 Å². The van der Waals surface area contributed by atoms with Crippen LogP contribution < -0.4 is 18.9 Å². The second-order valence-electron chi connectivity index (χ2n) is 7.56. The number of unbranched alkanes of at least 4 members (excludes halogenated alkanes) is 2. The minimum absolute atomic E-state index is 0.166. The van der Waals surface area contributed by atoms with Gasteiger partial charge < -0.3 is 18.9 Å². The molecule has 2 aromatic rings. The molecule has 0 aliphatic rings. The topological polar surface area (TPSA) is 71.1 Å². The lowest BCUT2D eigenvalue weighted by Gasteiger charge is -2.11. The number of alkyl halides is 6. The van der Waals surface area contributed by atoms with Crippen molar-refractivity contribution in [3.05, 3.63) is 48.5 Å². The minimum atomic E-state index is -1.26. The fraction of sp³-hybridized carbons (Fsp3) is 0.417. The zero-order chi connectivity index (χ0) is 26.6. The van der Waals surface area contributed by atoms with E-state index in [-0.39, 0.29) is 11.5 Å². The maximum atomic E-state index is 12.1. The van der Waals surface area contributed by atoms with E-state index in [9.17, 15) is 9.59 Å². The van der Waals surface area contributed by atoms with E-state index in [0.717, 1.165) is 0 Å². The molecule has 0 fully saturated rings. The maximum Gasteiger partial charge on any atom is 0.423 e. The van der Waals surface area contributed by atoms with Crippen molar-refractivity contribution in [3.8, 4) is 23.0 Å². The van der Waals surface area contributed by atoms with Gasteiger partial charge in [0, 0.05) is 0 Å². The van der Waals surface area contributed by atoms with Gasteiger partial charge in [0.25, 0.3) is 0 Å². The minimum Gasteiger partial charge on any atom is -0.494 e. The van der Waals surface area contributed by atoms with Crippen molar-refractivity contribution in [1.29, 1.82) is 0 Å². The number of carbonyl (C=O) groups excluding carboxylic acids is 2. The molecule has 198 valence electrons. The number of ether oxygens (including phenoxy) is 4. The van der Waals surface area contributed by atoms with Gasteiger partial charge in [-0.2, -0.15) is 0 Å². The van der Waals surface area contributed by atoms with Gasteiger partial charge in [0.15, 0.2) is 7.59 Å². The second kappa shape index (κ2) is 15.2. The average Bonchev–Trinajstić information content (AvgIpc) is 2.79. The summed E-state index contributed by atoms with van der Waals surface area (Å²) >= 11 is 34.2. The van der Waals surface area contributed by atoms with Gasteiger partial charge in [0.2, 0.25) is 0 Å². The summed E-state index contributed by atoms with van der Waals surface area (Å²) in [6, 6.07) is 12.4. The lowest BCUT2D eigenvalue weighted by atomic mass is 10.2. The summed E-state index contributed by atoms with van der Waals surface area (Å²) in [6.45, 7) is 0.875. The Hall–Kier alpha value is -1.28. The van der Waals surface area contributed by atoms with Gasteiger partial charge >= 0.3 is 11.9 Å². The molecule has 12 heteroatoms.